The largest absolute Gasteiger partial charge is 0.387 e. The van der Waals surface area contributed by atoms with Gasteiger partial charge in [-0.3, -0.25) is 0 Å². The summed E-state index contributed by atoms with van der Waals surface area (Å²) in [6, 6.07) is 0. The van der Waals surface area contributed by atoms with Crippen LogP contribution in [0.5, 0.6) is 0 Å². The molecule has 0 saturated heterocycles. The Hall–Kier alpha value is -0.530. The third-order valence-corrected chi connectivity index (χ3v) is 1.77. The monoisotopic (exact) mass is 194 g/mol. The third-order valence-electron chi connectivity index (χ3n) is 1.77. The van der Waals surface area contributed by atoms with E-state index in [2.05, 4.69) is 4.74 Å². The molecule has 0 saturated carbocycles. The molecule has 0 aromatic heterocycles. The van der Waals surface area contributed by atoms with Gasteiger partial charge in [-0.15, -0.1) is 0 Å². The lowest BCUT2D eigenvalue weighted by molar-refractivity contribution is -0.257. The lowest BCUT2D eigenvalue weighted by Crippen LogP contribution is -2.52. The molecule has 0 heterocycles. The minimum absolute atomic E-state index is 0.0552. The Kier molecular flexibility index (Phi) is 4.45. The molecule has 0 aromatic carbocycles. The van der Waals surface area contributed by atoms with Crippen molar-refractivity contribution in [3.63, 3.8) is 0 Å². The highest BCUT2D eigenvalue weighted by atomic mass is 16.6. The standard InChI is InChI=1S/C7H14O6/c1-7(12,13-2)6(11)5(10)4(9)3-8/h3-6,9-12H,1-2H3. The SMILES string of the molecule is COC(C)(O)C(O)C(O)C(O)C=O. The van der Waals surface area contributed by atoms with Gasteiger partial charge in [0, 0.05) is 7.11 Å². The molecular formula is C7H14O6. The Labute approximate surface area is 75.4 Å². The van der Waals surface area contributed by atoms with Crippen LogP contribution < -0.4 is 0 Å². The number of carbonyl (C=O) groups excluding carboxylic acids is 1. The molecule has 0 aliphatic carbocycles. The lowest BCUT2D eigenvalue weighted by Gasteiger charge is -2.31. The van der Waals surface area contributed by atoms with Crippen molar-refractivity contribution in [2.45, 2.75) is 31.0 Å². The molecule has 0 aromatic rings. The van der Waals surface area contributed by atoms with Crippen LogP contribution in [0.4, 0.5) is 0 Å². The Balaban J connectivity index is 4.40. The van der Waals surface area contributed by atoms with Gasteiger partial charge in [-0.25, -0.2) is 0 Å². The molecule has 4 atom stereocenters. The van der Waals surface area contributed by atoms with Crippen LogP contribution in [0, 0.1) is 0 Å². The Morgan fingerprint density at radius 1 is 1.38 bits per heavy atom. The molecule has 4 N–H and O–H groups in total. The van der Waals surface area contributed by atoms with E-state index in [4.69, 9.17) is 10.2 Å². The van der Waals surface area contributed by atoms with E-state index < -0.39 is 24.1 Å². The predicted molar refractivity (Wildman–Crippen MR) is 41.7 cm³/mol. The number of carbonyl (C=O) groups is 1. The zero-order chi connectivity index (χ0) is 10.6. The molecule has 0 aliphatic rings. The van der Waals surface area contributed by atoms with Crippen molar-refractivity contribution < 1.29 is 30.0 Å². The first kappa shape index (κ1) is 12.5. The smallest absolute Gasteiger partial charge is 0.191 e. The highest BCUT2D eigenvalue weighted by Gasteiger charge is 2.38. The van der Waals surface area contributed by atoms with Gasteiger partial charge in [0.1, 0.15) is 18.3 Å². The fraction of sp³-hybridized carbons (Fsp3) is 0.857. The number of aliphatic hydroxyl groups excluding tert-OH is 3. The molecule has 4 unspecified atom stereocenters. The molecule has 0 aliphatic heterocycles. The van der Waals surface area contributed by atoms with E-state index in [0.717, 1.165) is 14.0 Å². The number of rotatable bonds is 5. The molecule has 0 bridgehead atoms. The second-order valence-corrected chi connectivity index (χ2v) is 2.82. The van der Waals surface area contributed by atoms with Crippen LogP contribution in [0.25, 0.3) is 0 Å². The van der Waals surface area contributed by atoms with Crippen molar-refractivity contribution >= 4 is 6.29 Å². The number of hydrogen-bond acceptors (Lipinski definition) is 6. The summed E-state index contributed by atoms with van der Waals surface area (Å²) in [7, 11) is 1.11. The van der Waals surface area contributed by atoms with E-state index in [1.807, 2.05) is 0 Å². The summed E-state index contributed by atoms with van der Waals surface area (Å²) in [5.41, 5.74) is 0. The third kappa shape index (κ3) is 3.02. The number of aliphatic hydroxyl groups is 4. The van der Waals surface area contributed by atoms with E-state index in [1.54, 1.807) is 0 Å². The van der Waals surface area contributed by atoms with Crippen LogP contribution in [0.3, 0.4) is 0 Å². The maximum Gasteiger partial charge on any atom is 0.191 e. The fourth-order valence-corrected chi connectivity index (χ4v) is 0.705. The Bertz CT molecular complexity index is 168. The zero-order valence-corrected chi connectivity index (χ0v) is 7.41. The summed E-state index contributed by atoms with van der Waals surface area (Å²) < 4.78 is 4.43. The quantitative estimate of drug-likeness (QED) is 0.287. The van der Waals surface area contributed by atoms with Crippen LogP contribution in [0.15, 0.2) is 0 Å². The lowest BCUT2D eigenvalue weighted by atomic mass is 10.0. The van der Waals surface area contributed by atoms with Gasteiger partial charge >= 0.3 is 0 Å². The van der Waals surface area contributed by atoms with E-state index >= 15 is 0 Å². The maximum atomic E-state index is 10.0. The number of ether oxygens (including phenoxy) is 1. The Morgan fingerprint density at radius 3 is 2.15 bits per heavy atom. The zero-order valence-electron chi connectivity index (χ0n) is 7.41. The average molecular weight is 194 g/mol. The van der Waals surface area contributed by atoms with Crippen molar-refractivity contribution in [2.75, 3.05) is 7.11 Å². The van der Waals surface area contributed by atoms with Gasteiger partial charge in [0.2, 0.25) is 0 Å². The van der Waals surface area contributed by atoms with Crippen molar-refractivity contribution in [1.82, 2.24) is 0 Å². The predicted octanol–water partition coefficient (Wildman–Crippen LogP) is -2.38. The first-order valence-electron chi connectivity index (χ1n) is 3.63. The molecule has 0 radical (unpaired) electrons. The van der Waals surface area contributed by atoms with Crippen molar-refractivity contribution in [2.24, 2.45) is 0 Å². The van der Waals surface area contributed by atoms with E-state index in [0.29, 0.717) is 0 Å². The van der Waals surface area contributed by atoms with Crippen LogP contribution in [-0.4, -0.2) is 57.9 Å². The maximum absolute atomic E-state index is 10.0. The minimum Gasteiger partial charge on any atom is -0.387 e. The molecule has 0 rings (SSSR count). The topological polar surface area (TPSA) is 107 Å². The van der Waals surface area contributed by atoms with Crippen molar-refractivity contribution in [1.29, 1.82) is 0 Å². The summed E-state index contributed by atoms with van der Waals surface area (Å²) in [5, 5.41) is 36.3. The van der Waals surface area contributed by atoms with Crippen LogP contribution in [0.2, 0.25) is 0 Å². The summed E-state index contributed by atoms with van der Waals surface area (Å²) in [5.74, 6) is -2.01. The van der Waals surface area contributed by atoms with Gasteiger partial charge in [-0.2, -0.15) is 0 Å². The highest BCUT2D eigenvalue weighted by Crippen LogP contribution is 2.15. The average Bonchev–Trinajstić information content (AvgIpc) is 2.14. The van der Waals surface area contributed by atoms with Gasteiger partial charge in [-0.05, 0) is 6.92 Å². The second-order valence-electron chi connectivity index (χ2n) is 2.82. The van der Waals surface area contributed by atoms with Gasteiger partial charge in [0.25, 0.3) is 0 Å². The summed E-state index contributed by atoms with van der Waals surface area (Å²) in [6.07, 6.45) is -5.25. The molecule has 0 fully saturated rings. The summed E-state index contributed by atoms with van der Waals surface area (Å²) >= 11 is 0. The summed E-state index contributed by atoms with van der Waals surface area (Å²) in [6.45, 7) is 1.10. The molecular weight excluding hydrogens is 180 g/mol. The first-order valence-corrected chi connectivity index (χ1v) is 3.63. The van der Waals surface area contributed by atoms with Crippen LogP contribution in [-0.2, 0) is 9.53 Å². The molecule has 6 heteroatoms. The van der Waals surface area contributed by atoms with Crippen LogP contribution >= 0.6 is 0 Å². The minimum atomic E-state index is -2.01. The van der Waals surface area contributed by atoms with Gasteiger partial charge in [0.05, 0.1) is 0 Å². The van der Waals surface area contributed by atoms with E-state index in [1.165, 1.54) is 0 Å². The molecule has 13 heavy (non-hydrogen) atoms. The normalized spacial score (nSPS) is 22.9. The van der Waals surface area contributed by atoms with E-state index in [9.17, 15) is 15.0 Å². The molecule has 0 amide bonds. The van der Waals surface area contributed by atoms with Crippen molar-refractivity contribution in [3.8, 4) is 0 Å². The molecule has 78 valence electrons. The number of aldehydes is 1. The second kappa shape index (κ2) is 4.64. The Morgan fingerprint density at radius 2 is 1.85 bits per heavy atom. The van der Waals surface area contributed by atoms with Gasteiger partial charge < -0.3 is 30.0 Å². The highest BCUT2D eigenvalue weighted by molar-refractivity contribution is 5.56. The van der Waals surface area contributed by atoms with Crippen LogP contribution in [0.1, 0.15) is 6.92 Å². The first-order chi connectivity index (χ1) is 5.86. The fourth-order valence-electron chi connectivity index (χ4n) is 0.705. The number of methoxy groups -OCH3 is 1. The summed E-state index contributed by atoms with van der Waals surface area (Å²) in [4.78, 5) is 10.0. The molecule has 6 nitrogen and oxygen atoms in total. The van der Waals surface area contributed by atoms with Gasteiger partial charge in [-0.1, -0.05) is 0 Å². The van der Waals surface area contributed by atoms with Crippen molar-refractivity contribution in [3.05, 3.63) is 0 Å². The number of hydrogen-bond donors (Lipinski definition) is 4. The van der Waals surface area contributed by atoms with Gasteiger partial charge in [0.15, 0.2) is 12.1 Å². The van der Waals surface area contributed by atoms with E-state index in [-0.39, 0.29) is 6.29 Å². The molecule has 0 spiro atoms.